The van der Waals surface area contributed by atoms with Crippen LogP contribution < -0.4 is 10.2 Å². The highest BCUT2D eigenvalue weighted by atomic mass is 32.2. The third-order valence-electron chi connectivity index (χ3n) is 1.76. The summed E-state index contributed by atoms with van der Waals surface area (Å²) < 4.78 is 0. The Morgan fingerprint density at radius 2 is 2.06 bits per heavy atom. The van der Waals surface area contributed by atoms with Crippen LogP contribution in [0.25, 0.3) is 0 Å². The molecule has 0 saturated heterocycles. The summed E-state index contributed by atoms with van der Waals surface area (Å²) in [5.74, 6) is 1.99. The van der Waals surface area contributed by atoms with Gasteiger partial charge in [-0.25, -0.2) is 0 Å². The molecule has 0 radical (unpaired) electrons. The third-order valence-corrected chi connectivity index (χ3v) is 2.69. The molecule has 0 aliphatic heterocycles. The van der Waals surface area contributed by atoms with Crippen LogP contribution in [-0.4, -0.2) is 53.6 Å². The van der Waals surface area contributed by atoms with E-state index in [0.717, 1.165) is 12.2 Å². The average Bonchev–Trinajstić information content (AvgIpc) is 2.29. The van der Waals surface area contributed by atoms with E-state index in [1.54, 1.807) is 7.05 Å². The maximum Gasteiger partial charge on any atom is 0.230 e. The Morgan fingerprint density at radius 3 is 2.62 bits per heavy atom. The molecular formula is C9H17N5OS. The van der Waals surface area contributed by atoms with Crippen LogP contribution >= 0.6 is 11.8 Å². The molecule has 0 aliphatic carbocycles. The standard InChI is InChI=1S/C9H17N5OS/c1-10-7-11-8(14(2)3)13-9(12-7)16-6-4-5-15/h15H,4-6H2,1-3H3,(H,10,11,12,13). The van der Waals surface area contributed by atoms with Crippen molar-refractivity contribution in [2.24, 2.45) is 0 Å². The summed E-state index contributed by atoms with van der Waals surface area (Å²) in [4.78, 5) is 14.6. The minimum absolute atomic E-state index is 0.192. The van der Waals surface area contributed by atoms with Crippen LogP contribution in [0.3, 0.4) is 0 Å². The molecule has 0 aromatic carbocycles. The molecule has 0 aliphatic rings. The Balaban J connectivity index is 2.78. The molecule has 0 saturated carbocycles. The van der Waals surface area contributed by atoms with E-state index >= 15 is 0 Å². The quantitative estimate of drug-likeness (QED) is 0.555. The van der Waals surface area contributed by atoms with Crippen LogP contribution in [0.4, 0.5) is 11.9 Å². The second-order valence-corrected chi connectivity index (χ2v) is 4.37. The van der Waals surface area contributed by atoms with Crippen molar-refractivity contribution in [2.75, 3.05) is 43.7 Å². The number of nitrogens with one attached hydrogen (secondary N) is 1. The van der Waals surface area contributed by atoms with Crippen molar-refractivity contribution in [1.82, 2.24) is 15.0 Å². The molecule has 0 unspecified atom stereocenters. The predicted molar refractivity (Wildman–Crippen MR) is 66.1 cm³/mol. The molecule has 2 N–H and O–H groups in total. The molecule has 0 atom stereocenters. The highest BCUT2D eigenvalue weighted by molar-refractivity contribution is 7.99. The summed E-state index contributed by atoms with van der Waals surface area (Å²) in [6, 6.07) is 0. The van der Waals surface area contributed by atoms with E-state index in [1.807, 2.05) is 19.0 Å². The van der Waals surface area contributed by atoms with Crippen molar-refractivity contribution in [3.63, 3.8) is 0 Å². The number of hydrogen-bond acceptors (Lipinski definition) is 7. The van der Waals surface area contributed by atoms with Crippen molar-refractivity contribution >= 4 is 23.7 Å². The molecule has 7 heteroatoms. The molecule has 1 aromatic rings. The summed E-state index contributed by atoms with van der Waals surface area (Å²) >= 11 is 1.52. The molecule has 1 aromatic heterocycles. The summed E-state index contributed by atoms with van der Waals surface area (Å²) in [5.41, 5.74) is 0. The van der Waals surface area contributed by atoms with Gasteiger partial charge in [-0.15, -0.1) is 0 Å². The number of aliphatic hydroxyl groups excluding tert-OH is 1. The normalized spacial score (nSPS) is 10.2. The number of hydrogen-bond donors (Lipinski definition) is 2. The number of anilines is 2. The van der Waals surface area contributed by atoms with E-state index < -0.39 is 0 Å². The van der Waals surface area contributed by atoms with Gasteiger partial charge >= 0.3 is 0 Å². The smallest absolute Gasteiger partial charge is 0.230 e. The Bertz CT molecular complexity index is 334. The van der Waals surface area contributed by atoms with Crippen molar-refractivity contribution in [3.8, 4) is 0 Å². The van der Waals surface area contributed by atoms with Gasteiger partial charge in [-0.2, -0.15) is 15.0 Å². The van der Waals surface area contributed by atoms with Gasteiger partial charge in [0.25, 0.3) is 0 Å². The molecule has 0 spiro atoms. The topological polar surface area (TPSA) is 74.2 Å². The Labute approximate surface area is 99.5 Å². The first-order valence-corrected chi connectivity index (χ1v) is 6.00. The Hall–Kier alpha value is -1.08. The second-order valence-electron chi connectivity index (χ2n) is 3.31. The Kier molecular flexibility index (Phi) is 5.27. The number of thioether (sulfide) groups is 1. The van der Waals surface area contributed by atoms with Gasteiger partial charge in [-0.1, -0.05) is 11.8 Å². The summed E-state index contributed by atoms with van der Waals surface area (Å²) in [7, 11) is 5.55. The number of nitrogens with zero attached hydrogens (tertiary/aromatic N) is 4. The maximum absolute atomic E-state index is 8.70. The lowest BCUT2D eigenvalue weighted by Gasteiger charge is -2.11. The lowest BCUT2D eigenvalue weighted by Crippen LogP contribution is -2.15. The zero-order chi connectivity index (χ0) is 12.0. The second kappa shape index (κ2) is 6.49. The minimum atomic E-state index is 0.192. The summed E-state index contributed by atoms with van der Waals surface area (Å²) in [6.45, 7) is 0.192. The van der Waals surface area contributed by atoms with E-state index in [1.165, 1.54) is 11.8 Å². The van der Waals surface area contributed by atoms with Gasteiger partial charge in [-0.05, 0) is 6.42 Å². The number of rotatable bonds is 6. The van der Waals surface area contributed by atoms with E-state index in [0.29, 0.717) is 17.1 Å². The van der Waals surface area contributed by atoms with Crippen LogP contribution in [-0.2, 0) is 0 Å². The summed E-state index contributed by atoms with van der Waals surface area (Å²) in [5, 5.41) is 12.3. The first-order valence-electron chi connectivity index (χ1n) is 5.02. The van der Waals surface area contributed by atoms with E-state index in [9.17, 15) is 0 Å². The monoisotopic (exact) mass is 243 g/mol. The molecule has 1 rings (SSSR count). The van der Waals surface area contributed by atoms with E-state index in [-0.39, 0.29) is 6.61 Å². The maximum atomic E-state index is 8.70. The van der Waals surface area contributed by atoms with Gasteiger partial charge in [0.15, 0.2) is 5.16 Å². The summed E-state index contributed by atoms with van der Waals surface area (Å²) in [6.07, 6.45) is 0.739. The largest absolute Gasteiger partial charge is 0.396 e. The van der Waals surface area contributed by atoms with Gasteiger partial charge in [-0.3, -0.25) is 0 Å². The van der Waals surface area contributed by atoms with Gasteiger partial charge in [0.2, 0.25) is 11.9 Å². The van der Waals surface area contributed by atoms with Crippen LogP contribution in [0.15, 0.2) is 5.16 Å². The first-order chi connectivity index (χ1) is 7.67. The van der Waals surface area contributed by atoms with Crippen molar-refractivity contribution < 1.29 is 5.11 Å². The molecular weight excluding hydrogens is 226 g/mol. The van der Waals surface area contributed by atoms with Crippen molar-refractivity contribution in [1.29, 1.82) is 0 Å². The van der Waals surface area contributed by atoms with Crippen LogP contribution in [0, 0.1) is 0 Å². The number of aromatic nitrogens is 3. The predicted octanol–water partition coefficient (Wildman–Crippen LogP) is 0.454. The molecule has 0 bridgehead atoms. The molecule has 0 fully saturated rings. The SMILES string of the molecule is CNc1nc(SCCCO)nc(N(C)C)n1. The average molecular weight is 243 g/mol. The van der Waals surface area contributed by atoms with Crippen molar-refractivity contribution in [3.05, 3.63) is 0 Å². The fourth-order valence-corrected chi connectivity index (χ4v) is 1.70. The van der Waals surface area contributed by atoms with Crippen molar-refractivity contribution in [2.45, 2.75) is 11.6 Å². The first kappa shape index (κ1) is 13.0. The van der Waals surface area contributed by atoms with E-state index in [2.05, 4.69) is 20.3 Å². The highest BCUT2D eigenvalue weighted by Crippen LogP contribution is 2.17. The van der Waals surface area contributed by atoms with Crippen LogP contribution in [0.2, 0.25) is 0 Å². The lowest BCUT2D eigenvalue weighted by molar-refractivity contribution is 0.296. The number of aliphatic hydroxyl groups is 1. The van der Waals surface area contributed by atoms with E-state index in [4.69, 9.17) is 5.11 Å². The van der Waals surface area contributed by atoms with Gasteiger partial charge in [0.1, 0.15) is 0 Å². The lowest BCUT2D eigenvalue weighted by atomic mass is 10.5. The van der Waals surface area contributed by atoms with Crippen LogP contribution in [0.5, 0.6) is 0 Å². The third kappa shape index (κ3) is 3.82. The van der Waals surface area contributed by atoms with Gasteiger partial charge < -0.3 is 15.3 Å². The van der Waals surface area contributed by atoms with Gasteiger partial charge in [0, 0.05) is 33.5 Å². The Morgan fingerprint density at radius 1 is 1.31 bits per heavy atom. The molecule has 90 valence electrons. The zero-order valence-corrected chi connectivity index (χ0v) is 10.6. The molecule has 1 heterocycles. The fourth-order valence-electron chi connectivity index (χ4n) is 0.950. The van der Waals surface area contributed by atoms with Crippen LogP contribution in [0.1, 0.15) is 6.42 Å². The molecule has 0 amide bonds. The minimum Gasteiger partial charge on any atom is -0.396 e. The molecule has 6 nitrogen and oxygen atoms in total. The fraction of sp³-hybridized carbons (Fsp3) is 0.667. The highest BCUT2D eigenvalue weighted by Gasteiger charge is 2.07. The zero-order valence-electron chi connectivity index (χ0n) is 9.77. The molecule has 16 heavy (non-hydrogen) atoms. The van der Waals surface area contributed by atoms with Gasteiger partial charge in [0.05, 0.1) is 0 Å².